The number of nitrogens with one attached hydrogen (secondary N) is 2. The van der Waals surface area contributed by atoms with Crippen LogP contribution in [0.25, 0.3) is 0 Å². The van der Waals surface area contributed by atoms with E-state index in [4.69, 9.17) is 4.74 Å². The SMILES string of the molecule is COc1ccc(N2CCN(CCCNC(=O)NC3CCC(C)CC3)CC2)cc1. The Hall–Kier alpha value is -1.95. The van der Waals surface area contributed by atoms with Crippen molar-refractivity contribution in [2.45, 2.75) is 45.1 Å². The number of piperazine rings is 1. The molecule has 3 rings (SSSR count). The number of methoxy groups -OCH3 is 1. The molecule has 2 fully saturated rings. The summed E-state index contributed by atoms with van der Waals surface area (Å²) in [6.07, 6.45) is 5.69. The maximum atomic E-state index is 12.0. The third-order valence-corrected chi connectivity index (χ3v) is 6.10. The second-order valence-electron chi connectivity index (χ2n) is 8.24. The Balaban J connectivity index is 1.26. The Kier molecular flexibility index (Phi) is 7.83. The van der Waals surface area contributed by atoms with E-state index in [2.05, 4.69) is 39.5 Å². The Morgan fingerprint density at radius 3 is 2.39 bits per heavy atom. The number of benzene rings is 1. The minimum Gasteiger partial charge on any atom is -0.497 e. The van der Waals surface area contributed by atoms with Gasteiger partial charge in [0.05, 0.1) is 7.11 Å². The minimum atomic E-state index is 0.00359. The number of ether oxygens (including phenoxy) is 1. The van der Waals surface area contributed by atoms with Gasteiger partial charge in [-0.3, -0.25) is 4.90 Å². The molecule has 1 saturated heterocycles. The van der Waals surface area contributed by atoms with Gasteiger partial charge in [0.25, 0.3) is 0 Å². The van der Waals surface area contributed by atoms with E-state index in [1.165, 1.54) is 18.5 Å². The van der Waals surface area contributed by atoms with Gasteiger partial charge in [-0.2, -0.15) is 0 Å². The first-order valence-corrected chi connectivity index (χ1v) is 10.8. The van der Waals surface area contributed by atoms with Crippen molar-refractivity contribution >= 4 is 11.7 Å². The van der Waals surface area contributed by atoms with E-state index >= 15 is 0 Å². The maximum absolute atomic E-state index is 12.0. The first-order valence-electron chi connectivity index (χ1n) is 10.8. The molecular weight excluding hydrogens is 352 g/mol. The number of carbonyl (C=O) groups is 1. The van der Waals surface area contributed by atoms with Crippen LogP contribution in [0.15, 0.2) is 24.3 Å². The van der Waals surface area contributed by atoms with Crippen molar-refractivity contribution in [2.75, 3.05) is 51.3 Å². The highest BCUT2D eigenvalue weighted by Gasteiger charge is 2.20. The fourth-order valence-corrected chi connectivity index (χ4v) is 4.17. The summed E-state index contributed by atoms with van der Waals surface area (Å²) in [4.78, 5) is 16.9. The standard InChI is InChI=1S/C22H36N4O2/c1-18-4-6-19(7-5-18)24-22(27)23-12-3-13-25-14-16-26(17-15-25)20-8-10-21(28-2)11-9-20/h8-11,18-19H,3-7,12-17H2,1-2H3,(H2,23,24,27). The lowest BCUT2D eigenvalue weighted by Gasteiger charge is -2.36. The zero-order chi connectivity index (χ0) is 19.8. The predicted molar refractivity (Wildman–Crippen MR) is 114 cm³/mol. The fraction of sp³-hybridized carbons (Fsp3) is 0.682. The second-order valence-corrected chi connectivity index (χ2v) is 8.24. The molecule has 1 aromatic carbocycles. The first-order chi connectivity index (χ1) is 13.6. The van der Waals surface area contributed by atoms with Crippen molar-refractivity contribution in [3.8, 4) is 5.75 Å². The molecule has 6 heteroatoms. The van der Waals surface area contributed by atoms with Crippen LogP contribution in [0.2, 0.25) is 0 Å². The highest BCUT2D eigenvalue weighted by atomic mass is 16.5. The summed E-state index contributed by atoms with van der Waals surface area (Å²) in [6, 6.07) is 8.67. The number of hydrogen-bond acceptors (Lipinski definition) is 4. The van der Waals surface area contributed by atoms with Crippen molar-refractivity contribution in [1.29, 1.82) is 0 Å². The number of rotatable bonds is 7. The van der Waals surface area contributed by atoms with E-state index in [9.17, 15) is 4.79 Å². The highest BCUT2D eigenvalue weighted by Crippen LogP contribution is 2.23. The van der Waals surface area contributed by atoms with E-state index in [0.29, 0.717) is 6.04 Å². The minimum absolute atomic E-state index is 0.00359. The summed E-state index contributed by atoms with van der Waals surface area (Å²) in [5.41, 5.74) is 1.26. The number of nitrogens with zero attached hydrogens (tertiary/aromatic N) is 2. The maximum Gasteiger partial charge on any atom is 0.315 e. The molecule has 2 amide bonds. The lowest BCUT2D eigenvalue weighted by atomic mass is 9.87. The van der Waals surface area contributed by atoms with Crippen LogP contribution in [0.4, 0.5) is 10.5 Å². The monoisotopic (exact) mass is 388 g/mol. The van der Waals surface area contributed by atoms with Crippen LogP contribution in [0, 0.1) is 5.92 Å². The number of amides is 2. The zero-order valence-corrected chi connectivity index (χ0v) is 17.5. The van der Waals surface area contributed by atoms with Gasteiger partial charge < -0.3 is 20.3 Å². The van der Waals surface area contributed by atoms with Crippen LogP contribution < -0.4 is 20.3 Å². The van der Waals surface area contributed by atoms with Crippen LogP contribution in [0.3, 0.4) is 0 Å². The molecule has 1 aliphatic carbocycles. The summed E-state index contributed by atoms with van der Waals surface area (Å²) >= 11 is 0. The molecule has 0 radical (unpaired) electrons. The predicted octanol–water partition coefficient (Wildman–Crippen LogP) is 3.09. The molecule has 2 aliphatic rings. The van der Waals surface area contributed by atoms with Gasteiger partial charge in [-0.25, -0.2) is 4.79 Å². The quantitative estimate of drug-likeness (QED) is 0.705. The van der Waals surface area contributed by atoms with Gasteiger partial charge in [0.1, 0.15) is 5.75 Å². The molecular formula is C22H36N4O2. The fourth-order valence-electron chi connectivity index (χ4n) is 4.17. The van der Waals surface area contributed by atoms with Gasteiger partial charge in [0.15, 0.2) is 0 Å². The molecule has 1 heterocycles. The number of urea groups is 1. The summed E-state index contributed by atoms with van der Waals surface area (Å²) in [5, 5.41) is 6.16. The normalized spacial score (nSPS) is 23.3. The van der Waals surface area contributed by atoms with Crippen molar-refractivity contribution in [1.82, 2.24) is 15.5 Å². The van der Waals surface area contributed by atoms with Crippen LogP contribution in [0.1, 0.15) is 39.0 Å². The average Bonchev–Trinajstić information content (AvgIpc) is 2.73. The smallest absolute Gasteiger partial charge is 0.315 e. The van der Waals surface area contributed by atoms with E-state index in [-0.39, 0.29) is 6.03 Å². The molecule has 0 unspecified atom stereocenters. The van der Waals surface area contributed by atoms with Gasteiger partial charge in [0.2, 0.25) is 0 Å². The van der Waals surface area contributed by atoms with Crippen LogP contribution in [-0.4, -0.2) is 63.4 Å². The van der Waals surface area contributed by atoms with E-state index in [0.717, 1.165) is 70.2 Å². The largest absolute Gasteiger partial charge is 0.497 e. The molecule has 0 bridgehead atoms. The van der Waals surface area contributed by atoms with E-state index in [1.807, 2.05) is 12.1 Å². The molecule has 156 valence electrons. The van der Waals surface area contributed by atoms with Gasteiger partial charge in [0, 0.05) is 44.5 Å². The molecule has 0 aromatic heterocycles. The van der Waals surface area contributed by atoms with Crippen molar-refractivity contribution in [3.63, 3.8) is 0 Å². The molecule has 1 aliphatic heterocycles. The van der Waals surface area contributed by atoms with Gasteiger partial charge >= 0.3 is 6.03 Å². The first kappa shape index (κ1) is 20.8. The molecule has 1 aromatic rings. The summed E-state index contributed by atoms with van der Waals surface area (Å²) in [5.74, 6) is 1.71. The molecule has 28 heavy (non-hydrogen) atoms. The molecule has 0 spiro atoms. The van der Waals surface area contributed by atoms with Gasteiger partial charge in [-0.1, -0.05) is 6.92 Å². The molecule has 2 N–H and O–H groups in total. The second kappa shape index (κ2) is 10.6. The number of hydrogen-bond donors (Lipinski definition) is 2. The van der Waals surface area contributed by atoms with Crippen molar-refractivity contribution < 1.29 is 9.53 Å². The topological polar surface area (TPSA) is 56.8 Å². The average molecular weight is 389 g/mol. The number of anilines is 1. The molecule has 1 saturated carbocycles. The Morgan fingerprint density at radius 1 is 1.07 bits per heavy atom. The van der Waals surface area contributed by atoms with Gasteiger partial charge in [-0.15, -0.1) is 0 Å². The summed E-state index contributed by atoms with van der Waals surface area (Å²) in [6.45, 7) is 8.30. The number of carbonyl (C=O) groups excluding carboxylic acids is 1. The summed E-state index contributed by atoms with van der Waals surface area (Å²) < 4.78 is 5.23. The lowest BCUT2D eigenvalue weighted by Crippen LogP contribution is -2.47. The third kappa shape index (κ3) is 6.30. The van der Waals surface area contributed by atoms with Crippen LogP contribution in [0.5, 0.6) is 5.75 Å². The third-order valence-electron chi connectivity index (χ3n) is 6.10. The van der Waals surface area contributed by atoms with Gasteiger partial charge in [-0.05, 0) is 68.8 Å². The van der Waals surface area contributed by atoms with Crippen LogP contribution in [-0.2, 0) is 0 Å². The van der Waals surface area contributed by atoms with E-state index in [1.54, 1.807) is 7.11 Å². The lowest BCUT2D eigenvalue weighted by molar-refractivity contribution is 0.225. The Morgan fingerprint density at radius 2 is 1.75 bits per heavy atom. The Labute approximate surface area is 169 Å². The van der Waals surface area contributed by atoms with Crippen molar-refractivity contribution in [2.24, 2.45) is 5.92 Å². The highest BCUT2D eigenvalue weighted by molar-refractivity contribution is 5.74. The molecule has 0 atom stereocenters. The molecule has 6 nitrogen and oxygen atoms in total. The Bertz CT molecular complexity index is 591. The summed E-state index contributed by atoms with van der Waals surface area (Å²) in [7, 11) is 1.70. The van der Waals surface area contributed by atoms with Crippen molar-refractivity contribution in [3.05, 3.63) is 24.3 Å². The van der Waals surface area contributed by atoms with Crippen LogP contribution >= 0.6 is 0 Å². The zero-order valence-electron chi connectivity index (χ0n) is 17.5. The van der Waals surface area contributed by atoms with E-state index < -0.39 is 0 Å².